The Bertz CT molecular complexity index is 423. The van der Waals surface area contributed by atoms with Crippen molar-refractivity contribution < 1.29 is 9.84 Å². The quantitative estimate of drug-likeness (QED) is 0.902. The molecule has 1 N–H and O–H groups in total. The van der Waals surface area contributed by atoms with Crippen LogP contribution in [-0.2, 0) is 0 Å². The van der Waals surface area contributed by atoms with E-state index in [0.29, 0.717) is 23.9 Å². The first-order chi connectivity index (χ1) is 9.04. The van der Waals surface area contributed by atoms with Crippen molar-refractivity contribution in [2.75, 3.05) is 7.11 Å². The van der Waals surface area contributed by atoms with E-state index in [0.717, 1.165) is 0 Å². The number of benzene rings is 1. The molecular formula is C16H25NO2. The minimum atomic E-state index is 0.207. The second-order valence-electron chi connectivity index (χ2n) is 5.68. The van der Waals surface area contributed by atoms with E-state index < -0.39 is 0 Å². The molecule has 3 heteroatoms. The van der Waals surface area contributed by atoms with Gasteiger partial charge in [0.1, 0.15) is 0 Å². The average Bonchev–Trinajstić information content (AvgIpc) is 2.39. The SMILES string of the molecule is COc1cc(C(C)N2[C@H](C)CCC[C@@H]2C)ccc1O. The number of piperidine rings is 1. The summed E-state index contributed by atoms with van der Waals surface area (Å²) < 4.78 is 5.21. The second-order valence-corrected chi connectivity index (χ2v) is 5.68. The highest BCUT2D eigenvalue weighted by molar-refractivity contribution is 5.42. The molecule has 0 saturated carbocycles. The summed E-state index contributed by atoms with van der Waals surface area (Å²) in [6, 6.07) is 7.24. The predicted octanol–water partition coefficient (Wildman–Crippen LogP) is 3.72. The highest BCUT2D eigenvalue weighted by Crippen LogP contribution is 2.35. The van der Waals surface area contributed by atoms with E-state index in [4.69, 9.17) is 4.74 Å². The first kappa shape index (κ1) is 14.2. The van der Waals surface area contributed by atoms with Crippen LogP contribution < -0.4 is 4.74 Å². The number of likely N-dealkylation sites (tertiary alicyclic amines) is 1. The van der Waals surface area contributed by atoms with Crippen molar-refractivity contribution in [2.45, 2.75) is 58.2 Å². The molecule has 0 radical (unpaired) electrons. The Kier molecular flexibility index (Phi) is 4.35. The molecule has 1 fully saturated rings. The molecule has 1 heterocycles. The molecule has 1 aliphatic rings. The average molecular weight is 263 g/mol. The number of aromatic hydroxyl groups is 1. The zero-order valence-electron chi connectivity index (χ0n) is 12.4. The molecule has 0 spiro atoms. The number of hydrogen-bond donors (Lipinski definition) is 1. The van der Waals surface area contributed by atoms with Gasteiger partial charge >= 0.3 is 0 Å². The largest absolute Gasteiger partial charge is 0.504 e. The fourth-order valence-corrected chi connectivity index (χ4v) is 3.33. The lowest BCUT2D eigenvalue weighted by Crippen LogP contribution is -2.45. The molecule has 19 heavy (non-hydrogen) atoms. The highest BCUT2D eigenvalue weighted by atomic mass is 16.5. The van der Waals surface area contributed by atoms with Crippen molar-refractivity contribution in [1.82, 2.24) is 4.90 Å². The third-order valence-electron chi connectivity index (χ3n) is 4.40. The summed E-state index contributed by atoms with van der Waals surface area (Å²) in [5.41, 5.74) is 1.20. The molecule has 0 bridgehead atoms. The van der Waals surface area contributed by atoms with Gasteiger partial charge in [0, 0.05) is 18.1 Å². The Morgan fingerprint density at radius 1 is 1.26 bits per heavy atom. The third kappa shape index (κ3) is 2.86. The predicted molar refractivity (Wildman–Crippen MR) is 77.7 cm³/mol. The van der Waals surface area contributed by atoms with Crippen LogP contribution in [0.4, 0.5) is 0 Å². The number of phenols is 1. The van der Waals surface area contributed by atoms with Gasteiger partial charge in [0.05, 0.1) is 7.11 Å². The van der Waals surface area contributed by atoms with E-state index in [-0.39, 0.29) is 5.75 Å². The normalized spacial score (nSPS) is 26.1. The van der Waals surface area contributed by atoms with Gasteiger partial charge in [-0.25, -0.2) is 0 Å². The van der Waals surface area contributed by atoms with Gasteiger partial charge in [-0.15, -0.1) is 0 Å². The minimum absolute atomic E-state index is 0.207. The van der Waals surface area contributed by atoms with Crippen molar-refractivity contribution in [1.29, 1.82) is 0 Å². The van der Waals surface area contributed by atoms with Crippen molar-refractivity contribution >= 4 is 0 Å². The molecule has 2 rings (SSSR count). The van der Waals surface area contributed by atoms with Gasteiger partial charge in [-0.3, -0.25) is 4.90 Å². The standard InChI is InChI=1S/C16H25NO2/c1-11-6-5-7-12(2)17(11)13(3)14-8-9-15(18)16(10-14)19-4/h8-13,18H,5-7H2,1-4H3/t11-,12+,13?. The first-order valence-electron chi connectivity index (χ1n) is 7.19. The van der Waals surface area contributed by atoms with Gasteiger partial charge in [-0.1, -0.05) is 12.5 Å². The van der Waals surface area contributed by atoms with Crippen LogP contribution >= 0.6 is 0 Å². The lowest BCUT2D eigenvalue weighted by molar-refractivity contribution is 0.0622. The Balaban J connectivity index is 2.25. The molecular weight excluding hydrogens is 238 g/mol. The molecule has 0 amide bonds. The highest BCUT2D eigenvalue weighted by Gasteiger charge is 2.29. The zero-order valence-corrected chi connectivity index (χ0v) is 12.4. The Morgan fingerprint density at radius 3 is 2.47 bits per heavy atom. The van der Waals surface area contributed by atoms with Crippen molar-refractivity contribution in [3.05, 3.63) is 23.8 Å². The van der Waals surface area contributed by atoms with Crippen LogP contribution in [0.15, 0.2) is 18.2 Å². The maximum Gasteiger partial charge on any atom is 0.160 e. The zero-order chi connectivity index (χ0) is 14.0. The monoisotopic (exact) mass is 263 g/mol. The number of ether oxygens (including phenoxy) is 1. The summed E-state index contributed by atoms with van der Waals surface area (Å²) >= 11 is 0. The molecule has 1 aliphatic heterocycles. The molecule has 1 aromatic rings. The summed E-state index contributed by atoms with van der Waals surface area (Å²) in [5, 5.41) is 9.69. The molecule has 0 aliphatic carbocycles. The van der Waals surface area contributed by atoms with E-state index in [1.807, 2.05) is 12.1 Å². The van der Waals surface area contributed by atoms with Crippen LogP contribution in [0.2, 0.25) is 0 Å². The van der Waals surface area contributed by atoms with E-state index >= 15 is 0 Å². The number of hydrogen-bond acceptors (Lipinski definition) is 3. The fraction of sp³-hybridized carbons (Fsp3) is 0.625. The smallest absolute Gasteiger partial charge is 0.160 e. The van der Waals surface area contributed by atoms with E-state index in [1.165, 1.54) is 24.8 Å². The lowest BCUT2D eigenvalue weighted by atomic mass is 9.93. The van der Waals surface area contributed by atoms with Crippen molar-refractivity contribution in [3.63, 3.8) is 0 Å². The summed E-state index contributed by atoms with van der Waals surface area (Å²) in [6.07, 6.45) is 3.86. The maximum atomic E-state index is 9.69. The van der Waals surface area contributed by atoms with Gasteiger partial charge < -0.3 is 9.84 Å². The molecule has 106 valence electrons. The topological polar surface area (TPSA) is 32.7 Å². The Morgan fingerprint density at radius 2 is 1.89 bits per heavy atom. The number of phenolic OH excluding ortho intramolecular Hbond substituents is 1. The summed E-state index contributed by atoms with van der Waals surface area (Å²) in [5.74, 6) is 0.764. The summed E-state index contributed by atoms with van der Waals surface area (Å²) in [4.78, 5) is 2.58. The molecule has 0 aromatic heterocycles. The van der Waals surface area contributed by atoms with Gasteiger partial charge in [0.15, 0.2) is 11.5 Å². The third-order valence-corrected chi connectivity index (χ3v) is 4.40. The van der Waals surface area contributed by atoms with Gasteiger partial charge in [-0.2, -0.15) is 0 Å². The van der Waals surface area contributed by atoms with Crippen molar-refractivity contribution in [3.8, 4) is 11.5 Å². The molecule has 3 atom stereocenters. The van der Waals surface area contributed by atoms with Gasteiger partial charge in [0.25, 0.3) is 0 Å². The van der Waals surface area contributed by atoms with Crippen LogP contribution in [0.5, 0.6) is 11.5 Å². The Hall–Kier alpha value is -1.22. The van der Waals surface area contributed by atoms with E-state index in [2.05, 4.69) is 25.7 Å². The minimum Gasteiger partial charge on any atom is -0.504 e. The molecule has 3 nitrogen and oxygen atoms in total. The number of methoxy groups -OCH3 is 1. The molecule has 1 aromatic carbocycles. The van der Waals surface area contributed by atoms with E-state index in [9.17, 15) is 5.11 Å². The van der Waals surface area contributed by atoms with E-state index in [1.54, 1.807) is 13.2 Å². The fourth-order valence-electron chi connectivity index (χ4n) is 3.33. The second kappa shape index (κ2) is 5.83. The number of rotatable bonds is 3. The lowest BCUT2D eigenvalue weighted by Gasteiger charge is -2.43. The van der Waals surface area contributed by atoms with Crippen LogP contribution in [0.3, 0.4) is 0 Å². The van der Waals surface area contributed by atoms with Crippen LogP contribution in [-0.4, -0.2) is 29.2 Å². The first-order valence-corrected chi connectivity index (χ1v) is 7.19. The van der Waals surface area contributed by atoms with Crippen LogP contribution in [0, 0.1) is 0 Å². The molecule has 1 saturated heterocycles. The van der Waals surface area contributed by atoms with Gasteiger partial charge in [-0.05, 0) is 51.3 Å². The maximum absolute atomic E-state index is 9.69. The van der Waals surface area contributed by atoms with Crippen LogP contribution in [0.1, 0.15) is 51.6 Å². The van der Waals surface area contributed by atoms with Gasteiger partial charge in [0.2, 0.25) is 0 Å². The van der Waals surface area contributed by atoms with Crippen molar-refractivity contribution in [2.24, 2.45) is 0 Å². The van der Waals surface area contributed by atoms with Crippen LogP contribution in [0.25, 0.3) is 0 Å². The number of nitrogens with zero attached hydrogens (tertiary/aromatic N) is 1. The summed E-state index contributed by atoms with van der Waals surface area (Å²) in [6.45, 7) is 6.86. The molecule has 1 unspecified atom stereocenters. The summed E-state index contributed by atoms with van der Waals surface area (Å²) in [7, 11) is 1.59. The Labute approximate surface area is 116 Å².